The van der Waals surface area contributed by atoms with Gasteiger partial charge >= 0.3 is 6.09 Å². The topological polar surface area (TPSA) is 61.8 Å². The van der Waals surface area contributed by atoms with Crippen LogP contribution in [0.4, 0.5) is 4.79 Å². The van der Waals surface area contributed by atoms with Crippen molar-refractivity contribution < 1.29 is 14.6 Å². The fraction of sp³-hybridized carbons (Fsp3) is 0.941. The predicted octanol–water partition coefficient (Wildman–Crippen LogP) is 2.52. The SMILES string of the molecule is CC(C)C(O)CNC1CC2CCC(C1)N2C(=O)OC(C)(C)C. The maximum atomic E-state index is 12.4. The predicted molar refractivity (Wildman–Crippen MR) is 86.8 cm³/mol. The van der Waals surface area contributed by atoms with Crippen LogP contribution in [-0.2, 0) is 4.74 Å². The van der Waals surface area contributed by atoms with Crippen LogP contribution in [0.25, 0.3) is 0 Å². The average molecular weight is 312 g/mol. The molecule has 0 saturated carbocycles. The van der Waals surface area contributed by atoms with Crippen LogP contribution in [0.1, 0.15) is 60.3 Å². The molecule has 0 radical (unpaired) electrons. The van der Waals surface area contributed by atoms with Gasteiger partial charge in [-0.15, -0.1) is 0 Å². The van der Waals surface area contributed by atoms with Gasteiger partial charge in [0.05, 0.1) is 6.10 Å². The first-order chi connectivity index (χ1) is 10.2. The number of piperidine rings is 1. The molecule has 5 heteroatoms. The molecule has 2 rings (SSSR count). The summed E-state index contributed by atoms with van der Waals surface area (Å²) in [7, 11) is 0. The normalized spacial score (nSPS) is 29.8. The summed E-state index contributed by atoms with van der Waals surface area (Å²) in [6.45, 7) is 10.4. The van der Waals surface area contributed by atoms with Crippen molar-refractivity contribution in [3.63, 3.8) is 0 Å². The molecule has 5 nitrogen and oxygen atoms in total. The van der Waals surface area contributed by atoms with Gasteiger partial charge in [0.25, 0.3) is 0 Å². The maximum Gasteiger partial charge on any atom is 0.410 e. The van der Waals surface area contributed by atoms with Gasteiger partial charge in [0, 0.05) is 24.7 Å². The second-order valence-corrected chi connectivity index (χ2v) is 8.16. The number of aliphatic hydroxyl groups excluding tert-OH is 1. The van der Waals surface area contributed by atoms with Gasteiger partial charge in [0.1, 0.15) is 5.60 Å². The van der Waals surface area contributed by atoms with Gasteiger partial charge < -0.3 is 20.1 Å². The van der Waals surface area contributed by atoms with Crippen molar-refractivity contribution in [1.82, 2.24) is 10.2 Å². The minimum absolute atomic E-state index is 0.166. The first kappa shape index (κ1) is 17.5. The van der Waals surface area contributed by atoms with Gasteiger partial charge in [-0.3, -0.25) is 0 Å². The van der Waals surface area contributed by atoms with Crippen LogP contribution in [0.15, 0.2) is 0 Å². The third kappa shape index (κ3) is 4.35. The Morgan fingerprint density at radius 3 is 2.27 bits per heavy atom. The molecule has 2 aliphatic heterocycles. The lowest BCUT2D eigenvalue weighted by molar-refractivity contribution is 0.00389. The Bertz CT molecular complexity index is 378. The number of hydrogen-bond donors (Lipinski definition) is 2. The molecule has 128 valence electrons. The zero-order chi connectivity index (χ0) is 16.5. The zero-order valence-electron chi connectivity index (χ0n) is 14.6. The summed E-state index contributed by atoms with van der Waals surface area (Å²) >= 11 is 0. The van der Waals surface area contributed by atoms with Crippen LogP contribution >= 0.6 is 0 Å². The first-order valence-corrected chi connectivity index (χ1v) is 8.60. The Morgan fingerprint density at radius 2 is 1.82 bits per heavy atom. The summed E-state index contributed by atoms with van der Waals surface area (Å²) in [6, 6.07) is 0.953. The summed E-state index contributed by atoms with van der Waals surface area (Å²) in [5, 5.41) is 13.4. The van der Waals surface area contributed by atoms with E-state index in [0.717, 1.165) is 25.7 Å². The van der Waals surface area contributed by atoms with Gasteiger partial charge in [-0.25, -0.2) is 4.79 Å². The summed E-state index contributed by atoms with van der Waals surface area (Å²) < 4.78 is 5.55. The second-order valence-electron chi connectivity index (χ2n) is 8.16. The van der Waals surface area contributed by atoms with Gasteiger partial charge in [-0.05, 0) is 52.4 Å². The van der Waals surface area contributed by atoms with Gasteiger partial charge in [0.2, 0.25) is 0 Å². The highest BCUT2D eigenvalue weighted by molar-refractivity contribution is 5.69. The summed E-state index contributed by atoms with van der Waals surface area (Å²) in [4.78, 5) is 14.3. The summed E-state index contributed by atoms with van der Waals surface area (Å²) in [6.07, 6.45) is 3.58. The molecule has 0 aromatic heterocycles. The largest absolute Gasteiger partial charge is 0.444 e. The fourth-order valence-electron chi connectivity index (χ4n) is 3.48. The lowest BCUT2D eigenvalue weighted by Crippen LogP contribution is -2.53. The summed E-state index contributed by atoms with van der Waals surface area (Å²) in [5.41, 5.74) is -0.438. The van der Waals surface area contributed by atoms with Gasteiger partial charge in [-0.1, -0.05) is 13.8 Å². The standard InChI is InChI=1S/C17H32N2O3/c1-11(2)15(20)10-18-12-8-13-6-7-14(9-12)19(13)16(21)22-17(3,4)5/h11-15,18,20H,6-10H2,1-5H3. The van der Waals surface area contributed by atoms with Crippen molar-refractivity contribution in [2.45, 2.75) is 90.1 Å². The highest BCUT2D eigenvalue weighted by atomic mass is 16.6. The average Bonchev–Trinajstić information content (AvgIpc) is 2.65. The van der Waals surface area contributed by atoms with E-state index in [4.69, 9.17) is 4.74 Å². The van der Waals surface area contributed by atoms with E-state index in [9.17, 15) is 9.90 Å². The molecule has 3 atom stereocenters. The molecule has 2 fully saturated rings. The Balaban J connectivity index is 1.88. The minimum atomic E-state index is -0.438. The fourth-order valence-corrected chi connectivity index (χ4v) is 3.48. The molecule has 0 spiro atoms. The molecule has 0 aromatic rings. The Hall–Kier alpha value is -0.810. The zero-order valence-corrected chi connectivity index (χ0v) is 14.6. The molecule has 2 saturated heterocycles. The van der Waals surface area contributed by atoms with Gasteiger partial charge in [0.15, 0.2) is 0 Å². The number of amides is 1. The molecular weight excluding hydrogens is 280 g/mol. The van der Waals surface area contributed by atoms with Crippen LogP contribution in [0.5, 0.6) is 0 Å². The van der Waals surface area contributed by atoms with Crippen molar-refractivity contribution in [2.24, 2.45) is 5.92 Å². The van der Waals surface area contributed by atoms with E-state index in [1.54, 1.807) is 0 Å². The van der Waals surface area contributed by atoms with Crippen LogP contribution in [0.3, 0.4) is 0 Å². The molecule has 3 unspecified atom stereocenters. The number of aliphatic hydroxyl groups is 1. The van der Waals surface area contributed by atoms with E-state index in [0.29, 0.717) is 12.6 Å². The number of hydrogen-bond acceptors (Lipinski definition) is 4. The monoisotopic (exact) mass is 312 g/mol. The van der Waals surface area contributed by atoms with Crippen molar-refractivity contribution in [3.05, 3.63) is 0 Å². The first-order valence-electron chi connectivity index (χ1n) is 8.60. The smallest absolute Gasteiger partial charge is 0.410 e. The molecule has 1 amide bonds. The number of nitrogens with zero attached hydrogens (tertiary/aromatic N) is 1. The Labute approximate surface area is 134 Å². The molecule has 0 aromatic carbocycles. The van der Waals surface area contributed by atoms with Crippen LogP contribution in [-0.4, -0.2) is 52.5 Å². The lowest BCUT2D eigenvalue weighted by atomic mass is 9.97. The van der Waals surface area contributed by atoms with Crippen LogP contribution < -0.4 is 5.32 Å². The highest BCUT2D eigenvalue weighted by Crippen LogP contribution is 2.36. The number of ether oxygens (including phenoxy) is 1. The van der Waals surface area contributed by atoms with Crippen molar-refractivity contribution in [3.8, 4) is 0 Å². The van der Waals surface area contributed by atoms with Crippen LogP contribution in [0, 0.1) is 5.92 Å². The number of carbonyl (C=O) groups is 1. The second kappa shape index (κ2) is 6.75. The van der Waals surface area contributed by atoms with E-state index in [1.165, 1.54) is 0 Å². The number of rotatable bonds is 4. The van der Waals surface area contributed by atoms with E-state index < -0.39 is 5.60 Å². The maximum absolute atomic E-state index is 12.4. The van der Waals surface area contributed by atoms with Crippen molar-refractivity contribution in [2.75, 3.05) is 6.54 Å². The molecule has 0 aliphatic carbocycles. The number of nitrogens with one attached hydrogen (secondary N) is 1. The molecule has 2 bridgehead atoms. The Morgan fingerprint density at radius 1 is 1.27 bits per heavy atom. The van der Waals surface area contributed by atoms with E-state index in [-0.39, 0.29) is 30.2 Å². The minimum Gasteiger partial charge on any atom is -0.444 e. The third-order valence-electron chi connectivity index (χ3n) is 4.72. The van der Waals surface area contributed by atoms with E-state index >= 15 is 0 Å². The molecule has 22 heavy (non-hydrogen) atoms. The van der Waals surface area contributed by atoms with E-state index in [1.807, 2.05) is 39.5 Å². The molecule has 2 N–H and O–H groups in total. The van der Waals surface area contributed by atoms with Crippen molar-refractivity contribution >= 4 is 6.09 Å². The number of fused-ring (bicyclic) bond motifs is 2. The van der Waals surface area contributed by atoms with Crippen molar-refractivity contribution in [1.29, 1.82) is 0 Å². The third-order valence-corrected chi connectivity index (χ3v) is 4.72. The highest BCUT2D eigenvalue weighted by Gasteiger charge is 2.44. The molecule has 2 aliphatic rings. The van der Waals surface area contributed by atoms with Crippen LogP contribution in [0.2, 0.25) is 0 Å². The quantitative estimate of drug-likeness (QED) is 0.837. The summed E-state index contributed by atoms with van der Waals surface area (Å²) in [5.74, 6) is 0.270. The molecular formula is C17H32N2O3. The van der Waals surface area contributed by atoms with E-state index in [2.05, 4.69) is 5.32 Å². The lowest BCUT2D eigenvalue weighted by Gasteiger charge is -2.40. The molecule has 2 heterocycles. The van der Waals surface area contributed by atoms with Gasteiger partial charge in [-0.2, -0.15) is 0 Å². The Kier molecular flexibility index (Phi) is 5.38. The number of carbonyl (C=O) groups excluding carboxylic acids is 1.